The van der Waals surface area contributed by atoms with Crippen LogP contribution in [0.15, 0.2) is 29.4 Å². The number of rotatable bonds is 3. The Hall–Kier alpha value is -1.64. The standard InChI is InChI=1S/C16H22N2O/c1-3-13-6-10-15(11-7-13)17-18-16(19)14-8-4-12(2)5-9-14/h4-5,8-9,13H,3,6-7,10-11H2,1-2H3,(H,18,19). The SMILES string of the molecule is CCC1CCC(=NNC(=O)c2ccc(C)cc2)CC1. The smallest absolute Gasteiger partial charge is 0.267 e. The number of aryl methyl sites for hydroxylation is 1. The summed E-state index contributed by atoms with van der Waals surface area (Å²) in [5.41, 5.74) is 5.62. The van der Waals surface area contributed by atoms with Crippen molar-refractivity contribution in [2.24, 2.45) is 11.0 Å². The van der Waals surface area contributed by atoms with Crippen LogP contribution >= 0.6 is 0 Å². The lowest BCUT2D eigenvalue weighted by atomic mass is 9.86. The summed E-state index contributed by atoms with van der Waals surface area (Å²) in [6, 6.07) is 7.54. The van der Waals surface area contributed by atoms with Gasteiger partial charge in [0.1, 0.15) is 0 Å². The zero-order chi connectivity index (χ0) is 13.7. The molecular formula is C16H22N2O. The molecule has 3 nitrogen and oxygen atoms in total. The maximum absolute atomic E-state index is 11.9. The molecule has 102 valence electrons. The summed E-state index contributed by atoms with van der Waals surface area (Å²) in [6.07, 6.45) is 5.70. The van der Waals surface area contributed by atoms with Gasteiger partial charge >= 0.3 is 0 Å². The minimum Gasteiger partial charge on any atom is -0.267 e. The number of hydrogen-bond acceptors (Lipinski definition) is 2. The first kappa shape index (κ1) is 13.8. The molecule has 1 saturated carbocycles. The van der Waals surface area contributed by atoms with Crippen LogP contribution in [0.4, 0.5) is 0 Å². The van der Waals surface area contributed by atoms with Crippen molar-refractivity contribution in [3.05, 3.63) is 35.4 Å². The van der Waals surface area contributed by atoms with E-state index < -0.39 is 0 Å². The van der Waals surface area contributed by atoms with E-state index in [-0.39, 0.29) is 5.91 Å². The van der Waals surface area contributed by atoms with E-state index in [1.165, 1.54) is 19.3 Å². The van der Waals surface area contributed by atoms with Crippen molar-refractivity contribution in [3.63, 3.8) is 0 Å². The Bertz CT molecular complexity index is 452. The van der Waals surface area contributed by atoms with Crippen molar-refractivity contribution in [1.29, 1.82) is 0 Å². The van der Waals surface area contributed by atoms with E-state index in [9.17, 15) is 4.79 Å². The van der Waals surface area contributed by atoms with Crippen LogP contribution in [0.5, 0.6) is 0 Å². The third kappa shape index (κ3) is 3.91. The minimum absolute atomic E-state index is 0.120. The van der Waals surface area contributed by atoms with E-state index in [0.29, 0.717) is 5.56 Å². The summed E-state index contributed by atoms with van der Waals surface area (Å²) < 4.78 is 0. The summed E-state index contributed by atoms with van der Waals surface area (Å²) in [4.78, 5) is 11.9. The molecule has 0 heterocycles. The maximum atomic E-state index is 11.9. The van der Waals surface area contributed by atoms with Crippen molar-refractivity contribution in [3.8, 4) is 0 Å². The molecule has 0 aliphatic heterocycles. The van der Waals surface area contributed by atoms with Crippen LogP contribution in [-0.4, -0.2) is 11.6 Å². The molecule has 0 aromatic heterocycles. The van der Waals surface area contributed by atoms with Crippen LogP contribution in [-0.2, 0) is 0 Å². The number of hydrogen-bond donors (Lipinski definition) is 1. The van der Waals surface area contributed by atoms with Crippen molar-refractivity contribution < 1.29 is 4.79 Å². The molecular weight excluding hydrogens is 236 g/mol. The van der Waals surface area contributed by atoms with Crippen LogP contribution in [0.3, 0.4) is 0 Å². The Kier molecular flexibility index (Phi) is 4.72. The van der Waals surface area contributed by atoms with E-state index in [1.54, 1.807) is 0 Å². The van der Waals surface area contributed by atoms with Crippen molar-refractivity contribution >= 4 is 11.6 Å². The van der Waals surface area contributed by atoms with Gasteiger partial charge in [-0.25, -0.2) is 5.43 Å². The first-order chi connectivity index (χ1) is 9.19. The summed E-state index contributed by atoms with van der Waals surface area (Å²) in [6.45, 7) is 4.25. The van der Waals surface area contributed by atoms with Crippen LogP contribution in [0.25, 0.3) is 0 Å². The van der Waals surface area contributed by atoms with Gasteiger partial charge in [0.2, 0.25) is 0 Å². The second-order valence-corrected chi connectivity index (χ2v) is 5.34. The maximum Gasteiger partial charge on any atom is 0.271 e. The molecule has 1 aromatic carbocycles. The number of nitrogens with zero attached hydrogens (tertiary/aromatic N) is 1. The molecule has 0 unspecified atom stereocenters. The number of amides is 1. The fourth-order valence-corrected chi connectivity index (χ4v) is 2.43. The molecule has 0 radical (unpaired) electrons. The highest BCUT2D eigenvalue weighted by molar-refractivity contribution is 5.95. The molecule has 1 aromatic rings. The molecule has 1 fully saturated rings. The van der Waals surface area contributed by atoms with E-state index in [0.717, 1.165) is 30.0 Å². The lowest BCUT2D eigenvalue weighted by Gasteiger charge is -2.21. The van der Waals surface area contributed by atoms with Gasteiger partial charge in [0.15, 0.2) is 0 Å². The second kappa shape index (κ2) is 6.50. The van der Waals surface area contributed by atoms with Gasteiger partial charge < -0.3 is 0 Å². The fraction of sp³-hybridized carbons (Fsp3) is 0.500. The molecule has 0 spiro atoms. The molecule has 1 aliphatic rings. The fourth-order valence-electron chi connectivity index (χ4n) is 2.43. The predicted molar refractivity (Wildman–Crippen MR) is 78.3 cm³/mol. The molecule has 1 aliphatic carbocycles. The van der Waals surface area contributed by atoms with Crippen molar-refractivity contribution in [1.82, 2.24) is 5.43 Å². The van der Waals surface area contributed by atoms with Crippen LogP contribution in [0, 0.1) is 12.8 Å². The summed E-state index contributed by atoms with van der Waals surface area (Å²) >= 11 is 0. The largest absolute Gasteiger partial charge is 0.271 e. The molecule has 0 atom stereocenters. The minimum atomic E-state index is -0.120. The number of benzene rings is 1. The highest BCUT2D eigenvalue weighted by atomic mass is 16.2. The van der Waals surface area contributed by atoms with E-state index in [1.807, 2.05) is 31.2 Å². The molecule has 1 amide bonds. The number of nitrogens with one attached hydrogen (secondary N) is 1. The van der Waals surface area contributed by atoms with E-state index in [4.69, 9.17) is 0 Å². The van der Waals surface area contributed by atoms with Crippen molar-refractivity contribution in [2.45, 2.75) is 46.0 Å². The average molecular weight is 258 g/mol. The van der Waals surface area contributed by atoms with E-state index in [2.05, 4.69) is 17.5 Å². The normalized spacial score (nSPS) is 19.1. The lowest BCUT2D eigenvalue weighted by molar-refractivity contribution is 0.0954. The van der Waals surface area contributed by atoms with Gasteiger partial charge in [0.25, 0.3) is 5.91 Å². The van der Waals surface area contributed by atoms with Crippen molar-refractivity contribution in [2.75, 3.05) is 0 Å². The van der Waals surface area contributed by atoms with Gasteiger partial charge in [-0.3, -0.25) is 4.79 Å². The summed E-state index contributed by atoms with van der Waals surface area (Å²) in [5.74, 6) is 0.719. The Morgan fingerprint density at radius 1 is 1.26 bits per heavy atom. The zero-order valence-corrected chi connectivity index (χ0v) is 11.8. The Labute approximate surface area is 115 Å². The summed E-state index contributed by atoms with van der Waals surface area (Å²) in [5, 5.41) is 4.27. The quantitative estimate of drug-likeness (QED) is 0.825. The Morgan fingerprint density at radius 2 is 1.89 bits per heavy atom. The first-order valence-corrected chi connectivity index (χ1v) is 7.11. The monoisotopic (exact) mass is 258 g/mol. The van der Waals surface area contributed by atoms with Crippen LogP contribution in [0.2, 0.25) is 0 Å². The van der Waals surface area contributed by atoms with Gasteiger partial charge in [0.05, 0.1) is 0 Å². The van der Waals surface area contributed by atoms with Gasteiger partial charge in [-0.2, -0.15) is 5.10 Å². The third-order valence-electron chi connectivity index (χ3n) is 3.89. The van der Waals surface area contributed by atoms with Crippen LogP contribution in [0.1, 0.15) is 54.9 Å². The highest BCUT2D eigenvalue weighted by Crippen LogP contribution is 2.24. The lowest BCUT2D eigenvalue weighted by Crippen LogP contribution is -2.22. The third-order valence-corrected chi connectivity index (χ3v) is 3.89. The van der Waals surface area contributed by atoms with Gasteiger partial charge in [-0.05, 0) is 50.7 Å². The van der Waals surface area contributed by atoms with Gasteiger partial charge in [0, 0.05) is 11.3 Å². The molecule has 0 saturated heterocycles. The Balaban J connectivity index is 1.88. The topological polar surface area (TPSA) is 41.5 Å². The predicted octanol–water partition coefficient (Wildman–Crippen LogP) is 3.68. The first-order valence-electron chi connectivity index (χ1n) is 7.11. The molecule has 3 heteroatoms. The van der Waals surface area contributed by atoms with Crippen LogP contribution < -0.4 is 5.43 Å². The average Bonchev–Trinajstić information content (AvgIpc) is 2.46. The van der Waals surface area contributed by atoms with E-state index >= 15 is 0 Å². The molecule has 0 bridgehead atoms. The number of hydrazone groups is 1. The Morgan fingerprint density at radius 3 is 2.47 bits per heavy atom. The zero-order valence-electron chi connectivity index (χ0n) is 11.8. The molecule has 2 rings (SSSR count). The number of carbonyl (C=O) groups is 1. The highest BCUT2D eigenvalue weighted by Gasteiger charge is 2.16. The van der Waals surface area contributed by atoms with Gasteiger partial charge in [-0.15, -0.1) is 0 Å². The second-order valence-electron chi connectivity index (χ2n) is 5.34. The van der Waals surface area contributed by atoms with Gasteiger partial charge in [-0.1, -0.05) is 31.0 Å². The summed E-state index contributed by atoms with van der Waals surface area (Å²) in [7, 11) is 0. The molecule has 19 heavy (non-hydrogen) atoms. The molecule has 1 N–H and O–H groups in total. The number of carbonyl (C=O) groups excluding carboxylic acids is 1.